The summed E-state index contributed by atoms with van der Waals surface area (Å²) in [5.74, 6) is -0.579. The van der Waals surface area contributed by atoms with E-state index in [4.69, 9.17) is 5.11 Å². The van der Waals surface area contributed by atoms with Gasteiger partial charge in [0.15, 0.2) is 0 Å². The van der Waals surface area contributed by atoms with E-state index >= 15 is 0 Å². The fourth-order valence-electron chi connectivity index (χ4n) is 1.87. The molecule has 0 spiro atoms. The molecule has 1 aromatic heterocycles. The normalized spacial score (nSPS) is 31.3. The zero-order chi connectivity index (χ0) is 9.42. The van der Waals surface area contributed by atoms with Crippen molar-refractivity contribution in [3.8, 4) is 0 Å². The molecular formula is C10H11NO2. The number of aliphatic carboxylic acids is 1. The lowest BCUT2D eigenvalue weighted by Gasteiger charge is -1.94. The zero-order valence-electron chi connectivity index (χ0n) is 7.34. The average molecular weight is 177 g/mol. The number of carbonyl (C=O) groups is 1. The van der Waals surface area contributed by atoms with Gasteiger partial charge < -0.3 is 5.11 Å². The highest BCUT2D eigenvalue weighted by atomic mass is 16.4. The van der Waals surface area contributed by atoms with Crippen LogP contribution in [0, 0.1) is 11.8 Å². The first-order chi connectivity index (χ1) is 6.22. The van der Waals surface area contributed by atoms with E-state index in [0.29, 0.717) is 0 Å². The number of carboxylic acids is 1. The number of nitrogens with zero attached hydrogens (tertiary/aromatic N) is 1. The van der Waals surface area contributed by atoms with E-state index in [1.54, 1.807) is 6.20 Å². The van der Waals surface area contributed by atoms with Crippen LogP contribution in [0.3, 0.4) is 0 Å². The average Bonchev–Trinajstić information content (AvgIpc) is 2.79. The fourth-order valence-corrected chi connectivity index (χ4v) is 1.87. The Kier molecular flexibility index (Phi) is 1.79. The van der Waals surface area contributed by atoms with Gasteiger partial charge in [0.2, 0.25) is 0 Å². The topological polar surface area (TPSA) is 50.2 Å². The van der Waals surface area contributed by atoms with Crippen LogP contribution < -0.4 is 0 Å². The molecule has 3 atom stereocenters. The van der Waals surface area contributed by atoms with E-state index in [1.165, 1.54) is 0 Å². The van der Waals surface area contributed by atoms with Gasteiger partial charge in [-0.2, -0.15) is 0 Å². The van der Waals surface area contributed by atoms with Crippen molar-refractivity contribution in [2.75, 3.05) is 0 Å². The van der Waals surface area contributed by atoms with Crippen molar-refractivity contribution in [2.45, 2.75) is 12.8 Å². The Morgan fingerprint density at radius 3 is 2.77 bits per heavy atom. The highest BCUT2D eigenvalue weighted by Gasteiger charge is 2.53. The summed E-state index contributed by atoms with van der Waals surface area (Å²) in [5, 5.41) is 8.83. The molecule has 0 aliphatic heterocycles. The van der Waals surface area contributed by atoms with E-state index in [-0.39, 0.29) is 17.8 Å². The van der Waals surface area contributed by atoms with Crippen LogP contribution in [0.2, 0.25) is 0 Å². The molecule has 1 heterocycles. The lowest BCUT2D eigenvalue weighted by atomic mass is 10.2. The molecule has 0 saturated heterocycles. The molecule has 68 valence electrons. The van der Waals surface area contributed by atoms with Crippen molar-refractivity contribution >= 4 is 5.97 Å². The Bertz CT molecular complexity index is 323. The summed E-state index contributed by atoms with van der Waals surface area (Å²) in [4.78, 5) is 14.9. The minimum absolute atomic E-state index is 0.124. The third-order valence-electron chi connectivity index (χ3n) is 2.69. The highest BCUT2D eigenvalue weighted by molar-refractivity contribution is 5.75. The summed E-state index contributed by atoms with van der Waals surface area (Å²) in [6, 6.07) is 5.63. The fraction of sp³-hybridized carbons (Fsp3) is 0.400. The van der Waals surface area contributed by atoms with Gasteiger partial charge in [0, 0.05) is 17.8 Å². The molecule has 1 saturated carbocycles. The van der Waals surface area contributed by atoms with Gasteiger partial charge in [0.25, 0.3) is 0 Å². The second-order valence-electron chi connectivity index (χ2n) is 3.50. The monoisotopic (exact) mass is 177 g/mol. The second kappa shape index (κ2) is 2.83. The van der Waals surface area contributed by atoms with Gasteiger partial charge in [-0.1, -0.05) is 13.0 Å². The molecule has 1 N–H and O–H groups in total. The van der Waals surface area contributed by atoms with Crippen LogP contribution in [-0.2, 0) is 4.79 Å². The maximum absolute atomic E-state index is 10.7. The predicted molar refractivity (Wildman–Crippen MR) is 47.3 cm³/mol. The Balaban J connectivity index is 2.18. The minimum atomic E-state index is -0.705. The second-order valence-corrected chi connectivity index (χ2v) is 3.50. The maximum atomic E-state index is 10.7. The van der Waals surface area contributed by atoms with E-state index in [9.17, 15) is 4.79 Å². The largest absolute Gasteiger partial charge is 0.481 e. The molecule has 1 aromatic rings. The van der Waals surface area contributed by atoms with Crippen LogP contribution in [0.15, 0.2) is 24.4 Å². The van der Waals surface area contributed by atoms with E-state index in [2.05, 4.69) is 4.98 Å². The van der Waals surface area contributed by atoms with Crippen LogP contribution in [0.5, 0.6) is 0 Å². The maximum Gasteiger partial charge on any atom is 0.307 e. The van der Waals surface area contributed by atoms with Crippen molar-refractivity contribution in [3.63, 3.8) is 0 Å². The summed E-state index contributed by atoms with van der Waals surface area (Å²) < 4.78 is 0. The van der Waals surface area contributed by atoms with Crippen molar-refractivity contribution in [3.05, 3.63) is 30.1 Å². The lowest BCUT2D eigenvalue weighted by molar-refractivity contribution is -0.138. The molecule has 3 nitrogen and oxygen atoms in total. The van der Waals surface area contributed by atoms with Crippen molar-refractivity contribution in [1.82, 2.24) is 4.98 Å². The lowest BCUT2D eigenvalue weighted by Crippen LogP contribution is -2.00. The van der Waals surface area contributed by atoms with Crippen molar-refractivity contribution < 1.29 is 9.90 Å². The number of pyridine rings is 1. The summed E-state index contributed by atoms with van der Waals surface area (Å²) in [5.41, 5.74) is 0.905. The quantitative estimate of drug-likeness (QED) is 0.745. The first-order valence-corrected chi connectivity index (χ1v) is 4.35. The molecule has 3 heteroatoms. The number of aromatic nitrogens is 1. The Morgan fingerprint density at radius 1 is 1.54 bits per heavy atom. The van der Waals surface area contributed by atoms with Gasteiger partial charge in [-0.25, -0.2) is 0 Å². The van der Waals surface area contributed by atoms with Gasteiger partial charge in [-0.05, 0) is 18.1 Å². The van der Waals surface area contributed by atoms with Gasteiger partial charge in [0.05, 0.1) is 5.92 Å². The molecule has 1 fully saturated rings. The summed E-state index contributed by atoms with van der Waals surface area (Å²) in [6.45, 7) is 1.96. The molecule has 0 aromatic carbocycles. The molecule has 0 amide bonds. The molecule has 0 bridgehead atoms. The van der Waals surface area contributed by atoms with Crippen LogP contribution in [0.1, 0.15) is 18.5 Å². The third-order valence-corrected chi connectivity index (χ3v) is 2.69. The van der Waals surface area contributed by atoms with Gasteiger partial charge in [-0.15, -0.1) is 0 Å². The van der Waals surface area contributed by atoms with Gasteiger partial charge in [-0.3, -0.25) is 9.78 Å². The SMILES string of the molecule is C[C@H]1[C@H](C(=O)O)[C@H]1c1ccccn1. The standard InChI is InChI=1S/C10H11NO2/c1-6-8(9(6)10(12)13)7-4-2-3-5-11-7/h2-6,8-9H,1H3,(H,12,13)/t6-,8-,9+/m1/s1. The van der Waals surface area contributed by atoms with Crippen LogP contribution in [-0.4, -0.2) is 16.1 Å². The predicted octanol–water partition coefficient (Wildman–Crippen LogP) is 1.52. The number of rotatable bonds is 2. The van der Waals surface area contributed by atoms with Gasteiger partial charge in [0.1, 0.15) is 0 Å². The van der Waals surface area contributed by atoms with E-state index in [1.807, 2.05) is 25.1 Å². The summed E-state index contributed by atoms with van der Waals surface area (Å²) >= 11 is 0. The Labute approximate surface area is 76.4 Å². The summed E-state index contributed by atoms with van der Waals surface area (Å²) in [7, 11) is 0. The van der Waals surface area contributed by atoms with Crippen LogP contribution in [0.4, 0.5) is 0 Å². The minimum Gasteiger partial charge on any atom is -0.481 e. The van der Waals surface area contributed by atoms with E-state index < -0.39 is 5.97 Å². The molecule has 0 unspecified atom stereocenters. The van der Waals surface area contributed by atoms with Crippen LogP contribution in [0.25, 0.3) is 0 Å². The molecule has 1 aliphatic carbocycles. The van der Waals surface area contributed by atoms with E-state index in [0.717, 1.165) is 5.69 Å². The zero-order valence-corrected chi connectivity index (χ0v) is 7.34. The van der Waals surface area contributed by atoms with Gasteiger partial charge >= 0.3 is 5.97 Å². The number of hydrogen-bond donors (Lipinski definition) is 1. The van der Waals surface area contributed by atoms with Crippen molar-refractivity contribution in [1.29, 1.82) is 0 Å². The molecule has 0 radical (unpaired) electrons. The smallest absolute Gasteiger partial charge is 0.307 e. The summed E-state index contributed by atoms with van der Waals surface area (Å²) in [6.07, 6.45) is 1.71. The third kappa shape index (κ3) is 1.30. The number of hydrogen-bond acceptors (Lipinski definition) is 2. The molecule has 2 rings (SSSR count). The molecule has 1 aliphatic rings. The number of carboxylic acid groups (broad SMARTS) is 1. The Morgan fingerprint density at radius 2 is 2.31 bits per heavy atom. The van der Waals surface area contributed by atoms with Crippen LogP contribution >= 0.6 is 0 Å². The van der Waals surface area contributed by atoms with Crippen molar-refractivity contribution in [2.24, 2.45) is 11.8 Å². The first kappa shape index (κ1) is 8.23. The highest BCUT2D eigenvalue weighted by Crippen LogP contribution is 2.52. The molecule has 13 heavy (non-hydrogen) atoms. The first-order valence-electron chi connectivity index (χ1n) is 4.35. The Hall–Kier alpha value is -1.38. The molecular weight excluding hydrogens is 166 g/mol.